The minimum absolute atomic E-state index is 0.622. The molecule has 0 N–H and O–H groups in total. The van der Waals surface area contributed by atoms with Crippen molar-refractivity contribution in [1.29, 1.82) is 0 Å². The second-order valence-electron chi connectivity index (χ2n) is 10.3. The molecule has 33 heavy (non-hydrogen) atoms. The molecular weight excluding hydrogens is 400 g/mol. The third-order valence-electron chi connectivity index (χ3n) is 7.67. The lowest BCUT2D eigenvalue weighted by Gasteiger charge is -2.27. The molecule has 1 aromatic heterocycles. The van der Waals surface area contributed by atoms with E-state index in [1.807, 2.05) is 0 Å². The van der Waals surface area contributed by atoms with E-state index >= 15 is 0 Å². The van der Waals surface area contributed by atoms with Crippen molar-refractivity contribution in [3.63, 3.8) is 0 Å². The van der Waals surface area contributed by atoms with Gasteiger partial charge in [-0.3, -0.25) is 0 Å². The average molecular weight is 444 g/mol. The van der Waals surface area contributed by atoms with Crippen LogP contribution in [0.4, 0.5) is 0 Å². The first-order valence-electron chi connectivity index (χ1n) is 13.3. The van der Waals surface area contributed by atoms with E-state index in [4.69, 9.17) is 0 Å². The second-order valence-corrected chi connectivity index (χ2v) is 10.3. The molecule has 2 heteroatoms. The molecule has 0 aliphatic heterocycles. The van der Waals surface area contributed by atoms with Crippen LogP contribution in [0.1, 0.15) is 106 Å². The first-order valence-corrected chi connectivity index (χ1v) is 13.3. The maximum Gasteiger partial charge on any atom is 0.294 e. The molecular formula is C31H43N2+. The number of imidazole rings is 1. The number of para-hydroxylation sites is 1. The molecule has 0 saturated heterocycles. The lowest BCUT2D eigenvalue weighted by Crippen LogP contribution is -2.29. The van der Waals surface area contributed by atoms with Crippen molar-refractivity contribution in [1.82, 2.24) is 4.57 Å². The molecule has 176 valence electrons. The van der Waals surface area contributed by atoms with Crippen molar-refractivity contribution in [3.05, 3.63) is 71.0 Å². The van der Waals surface area contributed by atoms with Crippen LogP contribution < -0.4 is 4.57 Å². The highest BCUT2D eigenvalue weighted by molar-refractivity contribution is 5.62. The van der Waals surface area contributed by atoms with Gasteiger partial charge in [0.2, 0.25) is 0 Å². The van der Waals surface area contributed by atoms with E-state index in [0.717, 1.165) is 0 Å². The molecule has 1 heterocycles. The summed E-state index contributed by atoms with van der Waals surface area (Å²) < 4.78 is 4.93. The van der Waals surface area contributed by atoms with E-state index in [2.05, 4.69) is 92.5 Å². The lowest BCUT2D eigenvalue weighted by atomic mass is 9.80. The first-order chi connectivity index (χ1) is 16.0. The molecule has 1 aliphatic carbocycles. The Morgan fingerprint density at radius 1 is 0.909 bits per heavy atom. The van der Waals surface area contributed by atoms with Gasteiger partial charge in [0, 0.05) is 18.1 Å². The maximum absolute atomic E-state index is 2.60. The fourth-order valence-corrected chi connectivity index (χ4v) is 6.10. The highest BCUT2D eigenvalue weighted by atomic mass is 15.2. The van der Waals surface area contributed by atoms with E-state index < -0.39 is 0 Å². The Morgan fingerprint density at radius 2 is 1.58 bits per heavy atom. The first kappa shape index (κ1) is 23.8. The molecule has 2 nitrogen and oxygen atoms in total. The number of hydrogen-bond acceptors (Lipinski definition) is 0. The van der Waals surface area contributed by atoms with Crippen molar-refractivity contribution >= 4 is 0 Å². The molecule has 2 aromatic carbocycles. The van der Waals surface area contributed by atoms with E-state index in [-0.39, 0.29) is 0 Å². The number of aromatic nitrogens is 2. The van der Waals surface area contributed by atoms with Gasteiger partial charge in [-0.25, -0.2) is 4.57 Å². The highest BCUT2D eigenvalue weighted by Gasteiger charge is 2.31. The number of hydrogen-bond donors (Lipinski definition) is 0. The van der Waals surface area contributed by atoms with E-state index in [0.29, 0.717) is 11.8 Å². The number of nitrogens with zero attached hydrogens (tertiary/aromatic N) is 2. The summed E-state index contributed by atoms with van der Waals surface area (Å²) in [5, 5.41) is 0. The lowest BCUT2D eigenvalue weighted by molar-refractivity contribution is -0.659. The van der Waals surface area contributed by atoms with Gasteiger partial charge in [0.1, 0.15) is 17.6 Å². The molecule has 0 amide bonds. The molecule has 4 rings (SSSR count). The summed E-state index contributed by atoms with van der Waals surface area (Å²) >= 11 is 0. The summed E-state index contributed by atoms with van der Waals surface area (Å²) in [7, 11) is 2.21. The zero-order valence-electron chi connectivity index (χ0n) is 21.5. The van der Waals surface area contributed by atoms with Gasteiger partial charge >= 0.3 is 0 Å². The van der Waals surface area contributed by atoms with Crippen molar-refractivity contribution in [2.24, 2.45) is 7.05 Å². The average Bonchev–Trinajstić information content (AvgIpc) is 3.12. The van der Waals surface area contributed by atoms with Crippen LogP contribution in [-0.2, 0) is 7.05 Å². The Morgan fingerprint density at radius 3 is 2.21 bits per heavy atom. The Hall–Kier alpha value is -2.35. The van der Waals surface area contributed by atoms with Crippen molar-refractivity contribution in [2.45, 2.75) is 97.3 Å². The summed E-state index contributed by atoms with van der Waals surface area (Å²) in [6.45, 7) is 9.14. The molecule has 1 saturated carbocycles. The van der Waals surface area contributed by atoms with Gasteiger partial charge in [-0.05, 0) is 56.6 Å². The van der Waals surface area contributed by atoms with Gasteiger partial charge in [0.05, 0.1) is 12.6 Å². The predicted molar refractivity (Wildman–Crippen MR) is 140 cm³/mol. The molecule has 1 fully saturated rings. The van der Waals surface area contributed by atoms with Crippen LogP contribution in [0, 0.1) is 13.8 Å². The van der Waals surface area contributed by atoms with Gasteiger partial charge in [-0.15, -0.1) is 0 Å². The minimum atomic E-state index is 0.622. The Labute approximate surface area is 201 Å². The minimum Gasteiger partial charge on any atom is -0.232 e. The summed E-state index contributed by atoms with van der Waals surface area (Å²) in [6, 6.07) is 16.3. The number of rotatable bonds is 8. The largest absolute Gasteiger partial charge is 0.294 e. The Balaban J connectivity index is 1.98. The van der Waals surface area contributed by atoms with Gasteiger partial charge in [0.15, 0.2) is 0 Å². The summed E-state index contributed by atoms with van der Waals surface area (Å²) in [5.74, 6) is 2.59. The summed E-state index contributed by atoms with van der Waals surface area (Å²) in [4.78, 5) is 0. The van der Waals surface area contributed by atoms with Crippen LogP contribution in [0.25, 0.3) is 17.1 Å². The summed E-state index contributed by atoms with van der Waals surface area (Å²) in [5.41, 5.74) is 8.56. The molecule has 0 radical (unpaired) electrons. The van der Waals surface area contributed by atoms with Gasteiger partial charge in [-0.2, -0.15) is 4.57 Å². The van der Waals surface area contributed by atoms with E-state index in [1.165, 1.54) is 86.1 Å². The van der Waals surface area contributed by atoms with Crippen LogP contribution in [0.2, 0.25) is 0 Å². The normalized spacial score (nSPS) is 14.8. The molecule has 0 spiro atoms. The zero-order valence-corrected chi connectivity index (χ0v) is 21.5. The smallest absolute Gasteiger partial charge is 0.232 e. The molecule has 1 aliphatic rings. The zero-order chi connectivity index (χ0) is 23.4. The number of aryl methyl sites for hydroxylation is 3. The van der Waals surface area contributed by atoms with Crippen LogP contribution in [0.15, 0.2) is 48.7 Å². The van der Waals surface area contributed by atoms with E-state index in [1.54, 1.807) is 11.1 Å². The van der Waals surface area contributed by atoms with Gasteiger partial charge in [0.25, 0.3) is 5.82 Å². The predicted octanol–water partition coefficient (Wildman–Crippen LogP) is 8.32. The third-order valence-corrected chi connectivity index (χ3v) is 7.67. The van der Waals surface area contributed by atoms with E-state index in [9.17, 15) is 0 Å². The van der Waals surface area contributed by atoms with Crippen molar-refractivity contribution in [2.75, 3.05) is 0 Å². The fourth-order valence-electron chi connectivity index (χ4n) is 6.10. The van der Waals surface area contributed by atoms with Crippen molar-refractivity contribution < 1.29 is 4.57 Å². The number of benzene rings is 2. The quantitative estimate of drug-likeness (QED) is 0.309. The topological polar surface area (TPSA) is 8.81 Å². The maximum atomic E-state index is 2.60. The Bertz CT molecular complexity index is 1050. The monoisotopic (exact) mass is 443 g/mol. The molecule has 0 unspecified atom stereocenters. The standard InChI is InChI=1S/C31H43N2/c1-6-12-25(13-7-2)28-16-11-17-29(26-14-9-8-10-15-26)30(28)33-24(4)22-32(5)31(33)27-20-18-23(3)19-21-27/h11,16-22,25-26H,6-10,12-15H2,1-5H3/q+1. The van der Waals surface area contributed by atoms with Crippen molar-refractivity contribution in [3.8, 4) is 17.1 Å². The molecule has 3 aromatic rings. The summed E-state index contributed by atoms with van der Waals surface area (Å²) in [6.07, 6.45) is 14.1. The highest BCUT2D eigenvalue weighted by Crippen LogP contribution is 2.42. The third kappa shape index (κ3) is 4.95. The van der Waals surface area contributed by atoms with Crippen LogP contribution >= 0.6 is 0 Å². The van der Waals surface area contributed by atoms with Gasteiger partial charge in [-0.1, -0.05) is 81.8 Å². The SMILES string of the molecule is CCCC(CCC)c1cccc(C2CCCCC2)c1-n1c(C)c[n+](C)c1-c1ccc(C)cc1. The Kier molecular flexibility index (Phi) is 7.73. The second kappa shape index (κ2) is 10.7. The van der Waals surface area contributed by atoms with Crippen LogP contribution in [-0.4, -0.2) is 4.57 Å². The molecule has 0 bridgehead atoms. The van der Waals surface area contributed by atoms with Crippen LogP contribution in [0.3, 0.4) is 0 Å². The van der Waals surface area contributed by atoms with Gasteiger partial charge < -0.3 is 0 Å². The fraction of sp³-hybridized carbons (Fsp3) is 0.516. The molecule has 0 atom stereocenters. The van der Waals surface area contributed by atoms with Crippen LogP contribution in [0.5, 0.6) is 0 Å².